The van der Waals surface area contributed by atoms with Gasteiger partial charge < -0.3 is 24.4 Å². The average Bonchev–Trinajstić information content (AvgIpc) is 2.85. The lowest BCUT2D eigenvalue weighted by Crippen LogP contribution is -2.46. The predicted molar refractivity (Wildman–Crippen MR) is 142 cm³/mol. The highest BCUT2D eigenvalue weighted by Crippen LogP contribution is 2.24. The highest BCUT2D eigenvalue weighted by molar-refractivity contribution is 5.88. The number of halogens is 2. The molecule has 1 saturated carbocycles. The van der Waals surface area contributed by atoms with Gasteiger partial charge in [-0.25, -0.2) is 4.79 Å². The smallest absolute Gasteiger partial charge is 0.335 e. The maximum absolute atomic E-state index is 11.0. The van der Waals surface area contributed by atoms with Crippen LogP contribution in [0.5, 0.6) is 5.75 Å². The maximum atomic E-state index is 11.0. The first-order valence-electron chi connectivity index (χ1n) is 11.9. The molecular formula is C26H36Cl2N2O4. The summed E-state index contributed by atoms with van der Waals surface area (Å²) in [5.41, 5.74) is 2.61. The van der Waals surface area contributed by atoms with E-state index in [9.17, 15) is 4.79 Å². The molecule has 0 unspecified atom stereocenters. The van der Waals surface area contributed by atoms with E-state index in [2.05, 4.69) is 21.9 Å². The van der Waals surface area contributed by atoms with Crippen LogP contribution in [-0.2, 0) is 4.74 Å². The molecule has 188 valence electrons. The Balaban J connectivity index is 0.00000204. The zero-order valence-electron chi connectivity index (χ0n) is 19.6. The summed E-state index contributed by atoms with van der Waals surface area (Å²) in [5, 5.41) is 9.05. The number of carbonyl (C=O) groups is 1. The molecule has 1 aliphatic carbocycles. The lowest BCUT2D eigenvalue weighted by molar-refractivity contribution is 0.0226. The Morgan fingerprint density at radius 3 is 1.85 bits per heavy atom. The predicted octanol–water partition coefficient (Wildman–Crippen LogP) is 5.67. The van der Waals surface area contributed by atoms with E-state index in [1.54, 1.807) is 12.1 Å². The third kappa shape index (κ3) is 7.97. The lowest BCUT2D eigenvalue weighted by Gasteiger charge is -2.37. The highest BCUT2D eigenvalue weighted by Gasteiger charge is 2.18. The fraction of sp³-hybridized carbons (Fsp3) is 0.500. The molecule has 1 N–H and O–H groups in total. The van der Waals surface area contributed by atoms with Crippen molar-refractivity contribution in [2.24, 2.45) is 0 Å². The number of rotatable bonds is 9. The first-order chi connectivity index (χ1) is 15.7. The van der Waals surface area contributed by atoms with E-state index in [4.69, 9.17) is 14.6 Å². The fourth-order valence-electron chi connectivity index (χ4n) is 4.52. The van der Waals surface area contributed by atoms with Crippen molar-refractivity contribution in [3.63, 3.8) is 0 Å². The molecule has 6 nitrogen and oxygen atoms in total. The summed E-state index contributed by atoms with van der Waals surface area (Å²) in [4.78, 5) is 15.7. The van der Waals surface area contributed by atoms with Crippen molar-refractivity contribution in [1.82, 2.24) is 0 Å². The average molecular weight is 511 g/mol. The van der Waals surface area contributed by atoms with Crippen molar-refractivity contribution in [3.8, 4) is 5.75 Å². The van der Waals surface area contributed by atoms with Crippen molar-refractivity contribution in [3.05, 3.63) is 54.1 Å². The van der Waals surface area contributed by atoms with Gasteiger partial charge in [-0.1, -0.05) is 19.3 Å². The Kier molecular flexibility index (Phi) is 11.8. The molecule has 2 aromatic carbocycles. The number of ether oxygens (including phenoxy) is 2. The second-order valence-corrected chi connectivity index (χ2v) is 8.65. The van der Waals surface area contributed by atoms with Crippen molar-refractivity contribution < 1.29 is 19.4 Å². The van der Waals surface area contributed by atoms with E-state index in [0.29, 0.717) is 18.3 Å². The molecule has 0 bridgehead atoms. The van der Waals surface area contributed by atoms with Gasteiger partial charge in [0.25, 0.3) is 0 Å². The number of aromatic carboxylic acids is 1. The summed E-state index contributed by atoms with van der Waals surface area (Å²) in [6.45, 7) is 5.15. The number of carboxylic acids is 1. The molecule has 0 amide bonds. The van der Waals surface area contributed by atoms with Crippen LogP contribution in [0.25, 0.3) is 0 Å². The summed E-state index contributed by atoms with van der Waals surface area (Å²) in [6, 6.07) is 15.5. The second kappa shape index (κ2) is 14.3. The Bertz CT molecular complexity index is 850. The largest absolute Gasteiger partial charge is 0.494 e. The molecule has 4 rings (SSSR count). The van der Waals surface area contributed by atoms with Gasteiger partial charge in [-0.2, -0.15) is 0 Å². The number of anilines is 2. The van der Waals surface area contributed by atoms with Crippen LogP contribution in [0.4, 0.5) is 11.4 Å². The van der Waals surface area contributed by atoms with Crippen LogP contribution in [0.2, 0.25) is 0 Å². The normalized spacial score (nSPS) is 16.4. The maximum Gasteiger partial charge on any atom is 0.335 e. The minimum absolute atomic E-state index is 0. The van der Waals surface area contributed by atoms with Gasteiger partial charge in [-0.3, -0.25) is 0 Å². The van der Waals surface area contributed by atoms with E-state index in [0.717, 1.165) is 50.6 Å². The van der Waals surface area contributed by atoms with Crippen LogP contribution in [0.15, 0.2) is 48.5 Å². The molecule has 1 aliphatic heterocycles. The van der Waals surface area contributed by atoms with Crippen molar-refractivity contribution >= 4 is 42.2 Å². The molecule has 0 atom stereocenters. The monoisotopic (exact) mass is 510 g/mol. The zero-order chi connectivity index (χ0) is 22.2. The van der Waals surface area contributed by atoms with Crippen molar-refractivity contribution in [2.45, 2.75) is 44.6 Å². The van der Waals surface area contributed by atoms with E-state index in [-0.39, 0.29) is 24.8 Å². The SMILES string of the molecule is Cl.Cl.O=C(O)c1ccc(N2CCN(c3ccc(OCCCOC4CCCCC4)cc3)CC2)cc1. The zero-order valence-corrected chi connectivity index (χ0v) is 21.2. The van der Waals surface area contributed by atoms with Crippen LogP contribution in [0.3, 0.4) is 0 Å². The van der Waals surface area contributed by atoms with E-state index >= 15 is 0 Å². The van der Waals surface area contributed by atoms with Crippen LogP contribution in [0.1, 0.15) is 48.9 Å². The van der Waals surface area contributed by atoms with Gasteiger partial charge in [0.1, 0.15) is 5.75 Å². The number of nitrogens with zero attached hydrogens (tertiary/aromatic N) is 2. The molecule has 2 aliphatic rings. The molecule has 8 heteroatoms. The lowest BCUT2D eigenvalue weighted by atomic mass is 9.98. The molecule has 1 saturated heterocycles. The molecule has 0 aromatic heterocycles. The quantitative estimate of drug-likeness (QED) is 0.438. The molecule has 0 spiro atoms. The number of piperazine rings is 1. The van der Waals surface area contributed by atoms with Gasteiger partial charge in [-0.05, 0) is 61.4 Å². The fourth-order valence-corrected chi connectivity index (χ4v) is 4.52. The van der Waals surface area contributed by atoms with Gasteiger partial charge in [0.05, 0.1) is 24.9 Å². The Morgan fingerprint density at radius 1 is 0.794 bits per heavy atom. The Morgan fingerprint density at radius 2 is 1.32 bits per heavy atom. The summed E-state index contributed by atoms with van der Waals surface area (Å²) in [6.07, 6.45) is 7.80. The molecule has 2 aromatic rings. The molecule has 34 heavy (non-hydrogen) atoms. The summed E-state index contributed by atoms with van der Waals surface area (Å²) in [5.74, 6) is 0.0187. The molecule has 2 fully saturated rings. The minimum atomic E-state index is -0.887. The van der Waals surface area contributed by atoms with E-state index < -0.39 is 5.97 Å². The number of benzene rings is 2. The van der Waals surface area contributed by atoms with Gasteiger partial charge in [0.2, 0.25) is 0 Å². The summed E-state index contributed by atoms with van der Waals surface area (Å²) < 4.78 is 11.9. The standard InChI is InChI=1S/C26H34N2O4.2ClH/c29-26(30)21-7-9-22(10-8-21)27-15-17-28(18-16-27)23-11-13-25(14-12-23)32-20-4-19-31-24-5-2-1-3-6-24;;/h7-14,24H,1-6,15-20H2,(H,29,30);2*1H. The Hall–Kier alpha value is -2.15. The highest BCUT2D eigenvalue weighted by atomic mass is 35.5. The minimum Gasteiger partial charge on any atom is -0.494 e. The molecular weight excluding hydrogens is 475 g/mol. The Labute approximate surface area is 215 Å². The summed E-state index contributed by atoms with van der Waals surface area (Å²) in [7, 11) is 0. The number of hydrogen-bond acceptors (Lipinski definition) is 5. The summed E-state index contributed by atoms with van der Waals surface area (Å²) >= 11 is 0. The van der Waals surface area contributed by atoms with Crippen molar-refractivity contribution in [1.29, 1.82) is 0 Å². The molecule has 1 heterocycles. The van der Waals surface area contributed by atoms with Crippen LogP contribution in [-0.4, -0.2) is 56.6 Å². The van der Waals surface area contributed by atoms with Gasteiger partial charge in [-0.15, -0.1) is 24.8 Å². The van der Waals surface area contributed by atoms with Gasteiger partial charge in [0.15, 0.2) is 0 Å². The van der Waals surface area contributed by atoms with Crippen LogP contribution in [0, 0.1) is 0 Å². The first-order valence-corrected chi connectivity index (χ1v) is 11.9. The van der Waals surface area contributed by atoms with Crippen molar-refractivity contribution in [2.75, 3.05) is 49.2 Å². The first kappa shape index (κ1) is 28.1. The molecule has 0 radical (unpaired) electrons. The number of carboxylic acid groups (broad SMARTS) is 1. The van der Waals surface area contributed by atoms with Gasteiger partial charge in [0, 0.05) is 44.0 Å². The van der Waals surface area contributed by atoms with E-state index in [1.165, 1.54) is 37.8 Å². The number of hydrogen-bond donors (Lipinski definition) is 1. The van der Waals surface area contributed by atoms with Crippen LogP contribution >= 0.6 is 24.8 Å². The van der Waals surface area contributed by atoms with Crippen LogP contribution < -0.4 is 14.5 Å². The van der Waals surface area contributed by atoms with Gasteiger partial charge >= 0.3 is 5.97 Å². The third-order valence-electron chi connectivity index (χ3n) is 6.42. The second-order valence-electron chi connectivity index (χ2n) is 8.65. The third-order valence-corrected chi connectivity index (χ3v) is 6.42. The topological polar surface area (TPSA) is 62.2 Å². The van der Waals surface area contributed by atoms with E-state index in [1.807, 2.05) is 24.3 Å².